The lowest BCUT2D eigenvalue weighted by molar-refractivity contribution is -0.116. The summed E-state index contributed by atoms with van der Waals surface area (Å²) in [5, 5.41) is 2.70. The van der Waals surface area contributed by atoms with Gasteiger partial charge in [0.15, 0.2) is 0 Å². The molecule has 0 aliphatic rings. The molecule has 154 valence electrons. The third-order valence-electron chi connectivity index (χ3n) is 4.52. The second-order valence-corrected chi connectivity index (χ2v) is 8.63. The van der Waals surface area contributed by atoms with Crippen molar-refractivity contribution < 1.29 is 13.2 Å². The average molecular weight is 437 g/mol. The van der Waals surface area contributed by atoms with Crippen LogP contribution in [0.2, 0.25) is 5.02 Å². The van der Waals surface area contributed by atoms with Gasteiger partial charge in [-0.2, -0.15) is 4.31 Å². The number of para-hydroxylation sites is 2. The van der Waals surface area contributed by atoms with Crippen LogP contribution in [0.5, 0.6) is 0 Å². The van der Waals surface area contributed by atoms with Crippen LogP contribution in [0.3, 0.4) is 0 Å². The van der Waals surface area contributed by atoms with Gasteiger partial charge in [-0.1, -0.05) is 37.6 Å². The number of benzene rings is 2. The van der Waals surface area contributed by atoms with Gasteiger partial charge in [0.25, 0.3) is 0 Å². The number of fused-ring (bicyclic) bond motifs is 1. The maximum Gasteiger partial charge on any atom is 0.326 e. The quantitative estimate of drug-likeness (QED) is 0.594. The van der Waals surface area contributed by atoms with Crippen molar-refractivity contribution >= 4 is 44.3 Å². The minimum atomic E-state index is -3.79. The Balaban J connectivity index is 1.86. The lowest BCUT2D eigenvalue weighted by Crippen LogP contribution is -2.31. The highest BCUT2D eigenvalue weighted by Gasteiger charge is 2.25. The van der Waals surface area contributed by atoms with Gasteiger partial charge >= 0.3 is 5.69 Å². The number of nitrogens with zero attached hydrogens (tertiary/aromatic N) is 2. The fraction of sp³-hybridized carbons (Fsp3) is 0.263. The Morgan fingerprint density at radius 2 is 1.86 bits per heavy atom. The molecule has 0 aliphatic heterocycles. The van der Waals surface area contributed by atoms with Gasteiger partial charge in [-0.05, 0) is 30.3 Å². The molecule has 8 nitrogen and oxygen atoms in total. The number of imidazole rings is 1. The van der Waals surface area contributed by atoms with Gasteiger partial charge in [0.2, 0.25) is 15.9 Å². The molecule has 0 unspecified atom stereocenters. The summed E-state index contributed by atoms with van der Waals surface area (Å²) in [5.41, 5.74) is 1.11. The van der Waals surface area contributed by atoms with E-state index in [9.17, 15) is 18.0 Å². The highest BCUT2D eigenvalue weighted by Crippen LogP contribution is 2.27. The molecular weight excluding hydrogens is 416 g/mol. The summed E-state index contributed by atoms with van der Waals surface area (Å²) in [4.78, 5) is 27.2. The summed E-state index contributed by atoms with van der Waals surface area (Å²) in [5.74, 6) is -0.467. The number of halogens is 1. The molecule has 3 aromatic rings. The van der Waals surface area contributed by atoms with Crippen LogP contribution in [0.15, 0.2) is 52.2 Å². The predicted molar refractivity (Wildman–Crippen MR) is 113 cm³/mol. The molecule has 29 heavy (non-hydrogen) atoms. The monoisotopic (exact) mass is 436 g/mol. The fourth-order valence-corrected chi connectivity index (χ4v) is 5.05. The summed E-state index contributed by atoms with van der Waals surface area (Å²) in [7, 11) is -3.79. The van der Waals surface area contributed by atoms with Gasteiger partial charge in [-0.25, -0.2) is 13.2 Å². The Bertz CT molecular complexity index is 1210. The largest absolute Gasteiger partial charge is 0.326 e. The van der Waals surface area contributed by atoms with Crippen molar-refractivity contribution in [2.24, 2.45) is 0 Å². The van der Waals surface area contributed by atoms with Crippen molar-refractivity contribution in [1.82, 2.24) is 13.9 Å². The summed E-state index contributed by atoms with van der Waals surface area (Å²) >= 11 is 6.11. The third-order valence-corrected chi connectivity index (χ3v) is 7.05. The standard InChI is InChI=1S/C19H21ClN4O4S/c1-3-23(4-2)29(27,28)17-11-13(9-10-14(17)20)21-18(25)12-24-16-8-6-5-7-15(16)22-19(24)26/h5-11H,3-4,12H2,1-2H3,(H,21,25)(H,22,26). The second kappa shape index (κ2) is 8.40. The normalized spacial score (nSPS) is 11.9. The number of amides is 1. The van der Waals surface area contributed by atoms with Crippen LogP contribution in [0.1, 0.15) is 13.8 Å². The topological polar surface area (TPSA) is 104 Å². The van der Waals surface area contributed by atoms with Gasteiger partial charge in [-0.3, -0.25) is 9.36 Å². The lowest BCUT2D eigenvalue weighted by Gasteiger charge is -2.19. The van der Waals surface area contributed by atoms with Crippen molar-refractivity contribution in [2.75, 3.05) is 18.4 Å². The van der Waals surface area contributed by atoms with Gasteiger partial charge in [0.1, 0.15) is 11.4 Å². The molecular formula is C19H21ClN4O4S. The molecule has 0 aliphatic carbocycles. The molecule has 1 amide bonds. The molecule has 2 N–H and O–H groups in total. The molecule has 2 aromatic carbocycles. The fourth-order valence-electron chi connectivity index (χ4n) is 3.09. The Morgan fingerprint density at radius 3 is 2.55 bits per heavy atom. The van der Waals surface area contributed by atoms with E-state index in [4.69, 9.17) is 11.6 Å². The van der Waals surface area contributed by atoms with E-state index in [0.717, 1.165) is 0 Å². The molecule has 10 heteroatoms. The number of hydrogen-bond acceptors (Lipinski definition) is 4. The average Bonchev–Trinajstić information content (AvgIpc) is 2.99. The SMILES string of the molecule is CCN(CC)S(=O)(=O)c1cc(NC(=O)Cn2c(=O)[nH]c3ccccc32)ccc1Cl. The zero-order valence-corrected chi connectivity index (χ0v) is 17.5. The number of aromatic nitrogens is 2. The van der Waals surface area contributed by atoms with Gasteiger partial charge in [0.05, 0.1) is 16.1 Å². The number of anilines is 1. The maximum atomic E-state index is 12.8. The number of nitrogens with one attached hydrogen (secondary N) is 2. The third kappa shape index (κ3) is 4.21. The van der Waals surface area contributed by atoms with Crippen molar-refractivity contribution in [3.8, 4) is 0 Å². The summed E-state index contributed by atoms with van der Waals surface area (Å²) in [6.45, 7) is 3.85. The van der Waals surface area contributed by atoms with Crippen molar-refractivity contribution in [3.63, 3.8) is 0 Å². The molecule has 0 saturated carbocycles. The first kappa shape index (κ1) is 21.1. The van der Waals surface area contributed by atoms with Crippen LogP contribution in [0, 0.1) is 0 Å². The number of carbonyl (C=O) groups excluding carboxylic acids is 1. The lowest BCUT2D eigenvalue weighted by atomic mass is 10.3. The van der Waals surface area contributed by atoms with E-state index in [2.05, 4.69) is 10.3 Å². The molecule has 1 aromatic heterocycles. The predicted octanol–water partition coefficient (Wildman–Crippen LogP) is 2.65. The Kier molecular flexibility index (Phi) is 6.11. The van der Waals surface area contributed by atoms with Crippen LogP contribution >= 0.6 is 11.6 Å². The summed E-state index contributed by atoms with van der Waals surface area (Å²) in [6, 6.07) is 11.3. The van der Waals surface area contributed by atoms with E-state index in [1.54, 1.807) is 38.1 Å². The van der Waals surface area contributed by atoms with Crippen molar-refractivity contribution in [2.45, 2.75) is 25.3 Å². The number of H-pyrrole nitrogens is 1. The number of hydrogen-bond donors (Lipinski definition) is 2. The van der Waals surface area contributed by atoms with E-state index in [1.165, 1.54) is 27.1 Å². The van der Waals surface area contributed by atoms with E-state index >= 15 is 0 Å². The molecule has 0 saturated heterocycles. The van der Waals surface area contributed by atoms with Crippen LogP contribution in [0.4, 0.5) is 5.69 Å². The number of sulfonamides is 1. The van der Waals surface area contributed by atoms with Crippen LogP contribution in [-0.4, -0.2) is 41.3 Å². The molecule has 1 heterocycles. The van der Waals surface area contributed by atoms with Gasteiger partial charge in [-0.15, -0.1) is 0 Å². The van der Waals surface area contributed by atoms with Crippen molar-refractivity contribution in [3.05, 3.63) is 58.0 Å². The first-order valence-corrected chi connectivity index (χ1v) is 10.9. The minimum absolute atomic E-state index is 0.0720. The van der Waals surface area contributed by atoms with Gasteiger partial charge in [0, 0.05) is 18.8 Å². The smallest absolute Gasteiger partial charge is 0.324 e. The first-order valence-electron chi connectivity index (χ1n) is 9.05. The van der Waals surface area contributed by atoms with Crippen LogP contribution in [-0.2, 0) is 21.4 Å². The molecule has 0 bridgehead atoms. The van der Waals surface area contributed by atoms with E-state index in [1.807, 2.05) is 0 Å². The highest BCUT2D eigenvalue weighted by atomic mass is 35.5. The Labute approximate surface area is 173 Å². The van der Waals surface area contributed by atoms with E-state index in [0.29, 0.717) is 24.1 Å². The van der Waals surface area contributed by atoms with Gasteiger partial charge < -0.3 is 10.3 Å². The Morgan fingerprint density at radius 1 is 1.17 bits per heavy atom. The number of rotatable bonds is 7. The molecule has 3 rings (SSSR count). The Hall–Kier alpha value is -2.62. The molecule has 0 atom stereocenters. The maximum absolute atomic E-state index is 12.8. The van der Waals surface area contributed by atoms with E-state index in [-0.39, 0.29) is 22.2 Å². The molecule has 0 fully saturated rings. The molecule has 0 radical (unpaired) electrons. The van der Waals surface area contributed by atoms with Crippen LogP contribution < -0.4 is 11.0 Å². The number of aromatic amines is 1. The second-order valence-electron chi connectivity index (χ2n) is 6.32. The zero-order valence-electron chi connectivity index (χ0n) is 16.0. The first-order chi connectivity index (χ1) is 13.8. The zero-order chi connectivity index (χ0) is 21.2. The molecule has 0 spiro atoms. The van der Waals surface area contributed by atoms with Crippen LogP contribution in [0.25, 0.3) is 11.0 Å². The number of carbonyl (C=O) groups is 1. The van der Waals surface area contributed by atoms with Crippen molar-refractivity contribution in [1.29, 1.82) is 0 Å². The minimum Gasteiger partial charge on any atom is -0.324 e. The summed E-state index contributed by atoms with van der Waals surface area (Å²) in [6.07, 6.45) is 0. The highest BCUT2D eigenvalue weighted by molar-refractivity contribution is 7.89. The summed E-state index contributed by atoms with van der Waals surface area (Å²) < 4.78 is 28.2. The van der Waals surface area contributed by atoms with E-state index < -0.39 is 21.6 Å².